The molecule has 8 heteroatoms. The van der Waals surface area contributed by atoms with Crippen molar-refractivity contribution in [1.29, 1.82) is 5.26 Å². The summed E-state index contributed by atoms with van der Waals surface area (Å²) in [6.07, 6.45) is 5.41. The Kier molecular flexibility index (Phi) is 4.39. The first kappa shape index (κ1) is 16.0. The Balaban J connectivity index is 1.69. The van der Waals surface area contributed by atoms with Gasteiger partial charge in [-0.15, -0.1) is 0 Å². The number of nitrogens with zero attached hydrogens (tertiary/aromatic N) is 3. The van der Waals surface area contributed by atoms with Gasteiger partial charge in [-0.05, 0) is 30.5 Å². The number of aryl methyl sites for hydroxylation is 1. The molecule has 3 rings (SSSR count). The van der Waals surface area contributed by atoms with Gasteiger partial charge in [0.15, 0.2) is 0 Å². The van der Waals surface area contributed by atoms with E-state index in [1.54, 1.807) is 6.20 Å². The van der Waals surface area contributed by atoms with Crippen LogP contribution in [0.4, 0.5) is 0 Å². The number of nitriles is 1. The fourth-order valence-electron chi connectivity index (χ4n) is 2.70. The topological polar surface area (TPSA) is 87.8 Å². The van der Waals surface area contributed by atoms with Gasteiger partial charge in [0.1, 0.15) is 10.7 Å². The molecule has 0 saturated carbocycles. The van der Waals surface area contributed by atoms with Crippen LogP contribution >= 0.6 is 11.6 Å². The first-order chi connectivity index (χ1) is 11.0. The van der Waals surface area contributed by atoms with E-state index in [0.29, 0.717) is 12.1 Å². The SMILES string of the molecule is N#Cc1ccc(S(=O)(=O)NC[C@H]2CCc3nccn3C2)c(Cl)c1. The third kappa shape index (κ3) is 3.39. The lowest BCUT2D eigenvalue weighted by atomic mass is 10.00. The van der Waals surface area contributed by atoms with Crippen molar-refractivity contribution in [3.8, 4) is 6.07 Å². The normalized spacial score (nSPS) is 17.5. The largest absolute Gasteiger partial charge is 0.335 e. The predicted octanol–water partition coefficient (Wildman–Crippen LogP) is 1.95. The second-order valence-electron chi connectivity index (χ2n) is 5.51. The van der Waals surface area contributed by atoms with Gasteiger partial charge in [0.25, 0.3) is 0 Å². The number of rotatable bonds is 4. The molecule has 1 aliphatic rings. The summed E-state index contributed by atoms with van der Waals surface area (Å²) in [5.41, 5.74) is 0.328. The lowest BCUT2D eigenvalue weighted by Gasteiger charge is -2.24. The molecule has 0 amide bonds. The molecule has 0 radical (unpaired) electrons. The van der Waals surface area contributed by atoms with Crippen LogP contribution < -0.4 is 4.72 Å². The lowest BCUT2D eigenvalue weighted by molar-refractivity contribution is 0.363. The molecule has 0 bridgehead atoms. The molecule has 0 unspecified atom stereocenters. The van der Waals surface area contributed by atoms with Gasteiger partial charge in [0, 0.05) is 31.9 Å². The summed E-state index contributed by atoms with van der Waals surface area (Å²) in [4.78, 5) is 4.25. The summed E-state index contributed by atoms with van der Waals surface area (Å²) in [6.45, 7) is 1.09. The van der Waals surface area contributed by atoms with Crippen molar-refractivity contribution < 1.29 is 8.42 Å². The van der Waals surface area contributed by atoms with Crippen LogP contribution in [-0.4, -0.2) is 24.5 Å². The van der Waals surface area contributed by atoms with Crippen LogP contribution in [0.1, 0.15) is 17.8 Å². The molecule has 2 heterocycles. The summed E-state index contributed by atoms with van der Waals surface area (Å²) in [5.74, 6) is 1.25. The van der Waals surface area contributed by atoms with Gasteiger partial charge in [-0.3, -0.25) is 0 Å². The van der Waals surface area contributed by atoms with Crippen LogP contribution in [0.25, 0.3) is 0 Å². The average molecular weight is 351 g/mol. The molecule has 0 fully saturated rings. The summed E-state index contributed by atoms with van der Waals surface area (Å²) in [5, 5.41) is 8.86. The fourth-order valence-corrected chi connectivity index (χ4v) is 4.36. The third-order valence-corrected chi connectivity index (χ3v) is 5.85. The van der Waals surface area contributed by atoms with Crippen molar-refractivity contribution in [2.24, 2.45) is 5.92 Å². The van der Waals surface area contributed by atoms with Crippen molar-refractivity contribution in [3.63, 3.8) is 0 Å². The summed E-state index contributed by atoms with van der Waals surface area (Å²) < 4.78 is 29.5. The van der Waals surface area contributed by atoms with Gasteiger partial charge >= 0.3 is 0 Å². The molecule has 120 valence electrons. The second-order valence-corrected chi connectivity index (χ2v) is 7.65. The van der Waals surface area contributed by atoms with Gasteiger partial charge in [0.05, 0.1) is 16.7 Å². The maximum Gasteiger partial charge on any atom is 0.242 e. The van der Waals surface area contributed by atoms with E-state index in [0.717, 1.165) is 25.2 Å². The molecule has 1 aromatic heterocycles. The van der Waals surface area contributed by atoms with Crippen molar-refractivity contribution in [1.82, 2.24) is 14.3 Å². The monoisotopic (exact) mass is 350 g/mol. The van der Waals surface area contributed by atoms with E-state index in [-0.39, 0.29) is 15.8 Å². The van der Waals surface area contributed by atoms with Crippen LogP contribution in [0, 0.1) is 17.2 Å². The Morgan fingerprint density at radius 2 is 2.30 bits per heavy atom. The maximum atomic E-state index is 12.4. The van der Waals surface area contributed by atoms with Gasteiger partial charge in [0.2, 0.25) is 10.0 Å². The van der Waals surface area contributed by atoms with Gasteiger partial charge < -0.3 is 4.57 Å². The van der Waals surface area contributed by atoms with Crippen molar-refractivity contribution in [2.75, 3.05) is 6.54 Å². The molecule has 6 nitrogen and oxygen atoms in total. The predicted molar refractivity (Wildman–Crippen MR) is 85.4 cm³/mol. The Bertz CT molecular complexity index is 870. The first-order valence-electron chi connectivity index (χ1n) is 7.19. The maximum absolute atomic E-state index is 12.4. The molecule has 1 atom stereocenters. The molecule has 1 aromatic carbocycles. The van der Waals surface area contributed by atoms with E-state index in [1.807, 2.05) is 12.3 Å². The number of hydrogen-bond acceptors (Lipinski definition) is 4. The second kappa shape index (κ2) is 6.32. The average Bonchev–Trinajstić information content (AvgIpc) is 3.00. The van der Waals surface area contributed by atoms with Gasteiger partial charge in [-0.1, -0.05) is 11.6 Å². The number of sulfonamides is 1. The van der Waals surface area contributed by atoms with Gasteiger partial charge in [-0.2, -0.15) is 5.26 Å². The minimum absolute atomic E-state index is 0.00250. The fraction of sp³-hybridized carbons (Fsp3) is 0.333. The molecule has 0 saturated heterocycles. The number of halogens is 1. The van der Waals surface area contributed by atoms with E-state index in [4.69, 9.17) is 16.9 Å². The highest BCUT2D eigenvalue weighted by molar-refractivity contribution is 7.89. The van der Waals surface area contributed by atoms with Crippen molar-refractivity contribution >= 4 is 21.6 Å². The standard InChI is InChI=1S/C15H15ClN4O2S/c16-13-7-11(8-17)1-3-14(13)23(21,22)19-9-12-2-4-15-18-5-6-20(15)10-12/h1,3,5-7,12,19H,2,4,9-10H2/t12-/m1/s1. The minimum Gasteiger partial charge on any atom is -0.335 e. The Morgan fingerprint density at radius 3 is 3.04 bits per heavy atom. The van der Waals surface area contributed by atoms with Crippen LogP contribution in [0.2, 0.25) is 5.02 Å². The smallest absolute Gasteiger partial charge is 0.242 e. The highest BCUT2D eigenvalue weighted by atomic mass is 35.5. The highest BCUT2D eigenvalue weighted by Gasteiger charge is 2.23. The lowest BCUT2D eigenvalue weighted by Crippen LogP contribution is -2.33. The van der Waals surface area contributed by atoms with E-state index in [2.05, 4.69) is 14.3 Å². The Hall–Kier alpha value is -1.88. The molecule has 2 aromatic rings. The number of benzene rings is 1. The number of fused-ring (bicyclic) bond motifs is 1. The zero-order chi connectivity index (χ0) is 16.4. The molecular formula is C15H15ClN4O2S. The number of nitrogens with one attached hydrogen (secondary N) is 1. The third-order valence-electron chi connectivity index (χ3n) is 3.95. The Labute approximate surface area is 139 Å². The molecule has 1 aliphatic heterocycles. The molecule has 1 N–H and O–H groups in total. The first-order valence-corrected chi connectivity index (χ1v) is 9.05. The highest BCUT2D eigenvalue weighted by Crippen LogP contribution is 2.23. The number of hydrogen-bond donors (Lipinski definition) is 1. The number of aromatic nitrogens is 2. The summed E-state index contributed by atoms with van der Waals surface area (Å²) >= 11 is 5.98. The van der Waals surface area contributed by atoms with Crippen LogP contribution in [0.5, 0.6) is 0 Å². The van der Waals surface area contributed by atoms with Crippen molar-refractivity contribution in [3.05, 3.63) is 47.0 Å². The van der Waals surface area contributed by atoms with Gasteiger partial charge in [-0.25, -0.2) is 18.1 Å². The van der Waals surface area contributed by atoms with E-state index in [1.165, 1.54) is 18.2 Å². The zero-order valence-electron chi connectivity index (χ0n) is 12.2. The van der Waals surface area contributed by atoms with Crippen molar-refractivity contribution in [2.45, 2.75) is 24.3 Å². The summed E-state index contributed by atoms with van der Waals surface area (Å²) in [6, 6.07) is 6.09. The molecule has 0 aliphatic carbocycles. The zero-order valence-corrected chi connectivity index (χ0v) is 13.8. The van der Waals surface area contributed by atoms with Crippen LogP contribution in [0.3, 0.4) is 0 Å². The number of imidazole rings is 1. The molecule has 23 heavy (non-hydrogen) atoms. The van der Waals surface area contributed by atoms with Crippen LogP contribution in [0.15, 0.2) is 35.5 Å². The van der Waals surface area contributed by atoms with E-state index < -0.39 is 10.0 Å². The van der Waals surface area contributed by atoms with E-state index >= 15 is 0 Å². The minimum atomic E-state index is -3.70. The Morgan fingerprint density at radius 1 is 1.48 bits per heavy atom. The molecule has 0 spiro atoms. The molecular weight excluding hydrogens is 336 g/mol. The van der Waals surface area contributed by atoms with E-state index in [9.17, 15) is 8.42 Å². The summed E-state index contributed by atoms with van der Waals surface area (Å²) in [7, 11) is -3.70. The van der Waals surface area contributed by atoms with Crippen LogP contribution in [-0.2, 0) is 23.0 Å². The quantitative estimate of drug-likeness (QED) is 0.912.